The molecule has 104 valence electrons. The first-order chi connectivity index (χ1) is 8.82. The summed E-state index contributed by atoms with van der Waals surface area (Å²) in [4.78, 5) is 20.8. The predicted molar refractivity (Wildman–Crippen MR) is 68.0 cm³/mol. The molecule has 0 saturated heterocycles. The summed E-state index contributed by atoms with van der Waals surface area (Å²) in [6.07, 6.45) is 0.0736. The van der Waals surface area contributed by atoms with Gasteiger partial charge in [0.15, 0.2) is 5.75 Å². The molecule has 0 aliphatic rings. The largest absolute Gasteiger partial charge is 0.487 e. The summed E-state index contributed by atoms with van der Waals surface area (Å²) in [7, 11) is 0. The van der Waals surface area contributed by atoms with Crippen LogP contribution >= 0.6 is 15.9 Å². The zero-order chi connectivity index (χ0) is 14.6. The fourth-order valence-electron chi connectivity index (χ4n) is 1.21. The van der Waals surface area contributed by atoms with Gasteiger partial charge in [0.05, 0.1) is 22.0 Å². The van der Waals surface area contributed by atoms with Crippen molar-refractivity contribution >= 4 is 27.5 Å². The molecule has 19 heavy (non-hydrogen) atoms. The number of nitro groups is 1. The Morgan fingerprint density at radius 2 is 2.21 bits per heavy atom. The van der Waals surface area contributed by atoms with Gasteiger partial charge in [0.2, 0.25) is 5.91 Å². The van der Waals surface area contributed by atoms with E-state index in [9.17, 15) is 19.3 Å². The molecule has 0 spiro atoms. The number of amides is 1. The molecule has 1 rings (SSSR count). The summed E-state index contributed by atoms with van der Waals surface area (Å²) in [5.41, 5.74) is 9.92. The lowest BCUT2D eigenvalue weighted by Gasteiger charge is -2.10. The van der Waals surface area contributed by atoms with E-state index >= 15 is 0 Å². The van der Waals surface area contributed by atoms with E-state index in [-0.39, 0.29) is 28.9 Å². The Bertz CT molecular complexity index is 512. The molecule has 1 amide bonds. The average molecular weight is 336 g/mol. The standard InChI is InChI=1S/C10H11BrFN3O4/c11-5-3-8(15(17)18)9(4-6(5)12)19-2-1-7(13)10(14)16/h3-4,7H,1-2,13H2,(H2,14,16). The molecule has 9 heteroatoms. The van der Waals surface area contributed by atoms with Gasteiger partial charge in [-0.15, -0.1) is 0 Å². The van der Waals surface area contributed by atoms with E-state index in [1.54, 1.807) is 0 Å². The van der Waals surface area contributed by atoms with Crippen molar-refractivity contribution in [2.24, 2.45) is 11.5 Å². The van der Waals surface area contributed by atoms with E-state index in [0.717, 1.165) is 12.1 Å². The molecule has 0 heterocycles. The number of nitro benzene ring substituents is 1. The number of primary amides is 1. The first kappa shape index (κ1) is 15.3. The van der Waals surface area contributed by atoms with Crippen molar-refractivity contribution in [1.82, 2.24) is 0 Å². The van der Waals surface area contributed by atoms with Gasteiger partial charge < -0.3 is 16.2 Å². The highest BCUT2D eigenvalue weighted by Gasteiger charge is 2.19. The molecule has 1 atom stereocenters. The second-order valence-corrected chi connectivity index (χ2v) is 4.49. The highest BCUT2D eigenvalue weighted by molar-refractivity contribution is 9.10. The first-order valence-corrected chi connectivity index (χ1v) is 5.93. The maximum Gasteiger partial charge on any atom is 0.312 e. The van der Waals surface area contributed by atoms with Crippen LogP contribution in [0.1, 0.15) is 6.42 Å². The van der Waals surface area contributed by atoms with Crippen LogP contribution in [0.15, 0.2) is 16.6 Å². The zero-order valence-corrected chi connectivity index (χ0v) is 11.2. The van der Waals surface area contributed by atoms with Crippen LogP contribution in [-0.4, -0.2) is 23.5 Å². The lowest BCUT2D eigenvalue weighted by Crippen LogP contribution is -2.37. The summed E-state index contributed by atoms with van der Waals surface area (Å²) < 4.78 is 18.3. The molecule has 0 aromatic heterocycles. The van der Waals surface area contributed by atoms with Crippen LogP contribution in [0.4, 0.5) is 10.1 Å². The number of carbonyl (C=O) groups is 1. The van der Waals surface area contributed by atoms with E-state index in [0.29, 0.717) is 0 Å². The fraction of sp³-hybridized carbons (Fsp3) is 0.300. The maximum atomic E-state index is 13.3. The maximum absolute atomic E-state index is 13.3. The number of ether oxygens (including phenoxy) is 1. The third-order valence-corrected chi connectivity index (χ3v) is 2.86. The van der Waals surface area contributed by atoms with Gasteiger partial charge in [0.25, 0.3) is 0 Å². The number of hydrogen-bond donors (Lipinski definition) is 2. The van der Waals surface area contributed by atoms with E-state index in [1.807, 2.05) is 0 Å². The van der Waals surface area contributed by atoms with E-state index in [2.05, 4.69) is 15.9 Å². The molecule has 0 saturated carbocycles. The summed E-state index contributed by atoms with van der Waals surface area (Å²) in [6.45, 7) is -0.0913. The second-order valence-electron chi connectivity index (χ2n) is 3.64. The molecular formula is C10H11BrFN3O4. The van der Waals surface area contributed by atoms with E-state index in [4.69, 9.17) is 16.2 Å². The van der Waals surface area contributed by atoms with Crippen LogP contribution < -0.4 is 16.2 Å². The minimum absolute atomic E-state index is 0.0413. The highest BCUT2D eigenvalue weighted by Crippen LogP contribution is 2.32. The van der Waals surface area contributed by atoms with Crippen LogP contribution in [0.3, 0.4) is 0 Å². The van der Waals surface area contributed by atoms with Crippen LogP contribution in [-0.2, 0) is 4.79 Å². The number of rotatable bonds is 6. The Balaban J connectivity index is 2.80. The number of halogens is 2. The van der Waals surface area contributed by atoms with Crippen molar-refractivity contribution in [3.05, 3.63) is 32.5 Å². The predicted octanol–water partition coefficient (Wildman–Crippen LogP) is 1.08. The topological polar surface area (TPSA) is 121 Å². The molecule has 7 nitrogen and oxygen atoms in total. The Hall–Kier alpha value is -1.74. The third-order valence-electron chi connectivity index (χ3n) is 2.25. The average Bonchev–Trinajstić information content (AvgIpc) is 2.32. The number of nitrogens with zero attached hydrogens (tertiary/aromatic N) is 1. The number of hydrogen-bond acceptors (Lipinski definition) is 5. The van der Waals surface area contributed by atoms with Crippen LogP contribution in [0, 0.1) is 15.9 Å². The Morgan fingerprint density at radius 1 is 1.58 bits per heavy atom. The number of benzene rings is 1. The van der Waals surface area contributed by atoms with Gasteiger partial charge >= 0.3 is 5.69 Å². The Morgan fingerprint density at radius 3 is 2.74 bits per heavy atom. The van der Waals surface area contributed by atoms with Gasteiger partial charge in [0, 0.05) is 18.6 Å². The Labute approximate surface area is 116 Å². The van der Waals surface area contributed by atoms with E-state index < -0.39 is 22.7 Å². The molecule has 0 bridgehead atoms. The minimum atomic E-state index is -0.917. The van der Waals surface area contributed by atoms with E-state index in [1.165, 1.54) is 0 Å². The summed E-state index contributed by atoms with van der Waals surface area (Å²) >= 11 is 2.84. The highest BCUT2D eigenvalue weighted by atomic mass is 79.9. The molecule has 0 aliphatic carbocycles. The molecule has 0 fully saturated rings. The zero-order valence-electron chi connectivity index (χ0n) is 9.64. The van der Waals surface area contributed by atoms with Crippen molar-refractivity contribution < 1.29 is 18.8 Å². The number of carbonyl (C=O) groups excluding carboxylic acids is 1. The van der Waals surface area contributed by atoms with Crippen molar-refractivity contribution in [1.29, 1.82) is 0 Å². The van der Waals surface area contributed by atoms with Crippen molar-refractivity contribution in [3.8, 4) is 5.75 Å². The quantitative estimate of drug-likeness (QED) is 0.595. The van der Waals surface area contributed by atoms with Gasteiger partial charge in [-0.25, -0.2) is 4.39 Å². The minimum Gasteiger partial charge on any atom is -0.487 e. The molecule has 1 unspecified atom stereocenters. The summed E-state index contributed by atoms with van der Waals surface area (Å²) in [5.74, 6) is -1.64. The monoisotopic (exact) mass is 335 g/mol. The van der Waals surface area contributed by atoms with Gasteiger partial charge in [-0.1, -0.05) is 0 Å². The van der Waals surface area contributed by atoms with Crippen LogP contribution in [0.25, 0.3) is 0 Å². The summed E-state index contributed by atoms with van der Waals surface area (Å²) in [6, 6.07) is 0.968. The Kier molecular flexibility index (Phi) is 5.19. The van der Waals surface area contributed by atoms with Crippen LogP contribution in [0.5, 0.6) is 5.75 Å². The van der Waals surface area contributed by atoms with Crippen molar-refractivity contribution in [2.45, 2.75) is 12.5 Å². The van der Waals surface area contributed by atoms with Gasteiger partial charge in [0.1, 0.15) is 5.82 Å². The van der Waals surface area contributed by atoms with Gasteiger partial charge in [-0.3, -0.25) is 14.9 Å². The fourth-order valence-corrected chi connectivity index (χ4v) is 1.55. The SMILES string of the molecule is NC(=O)C(N)CCOc1cc(F)c(Br)cc1[N+](=O)[O-]. The normalized spacial score (nSPS) is 11.9. The lowest BCUT2D eigenvalue weighted by atomic mass is 10.2. The lowest BCUT2D eigenvalue weighted by molar-refractivity contribution is -0.386. The van der Waals surface area contributed by atoms with Crippen molar-refractivity contribution in [3.63, 3.8) is 0 Å². The van der Waals surface area contributed by atoms with Gasteiger partial charge in [-0.05, 0) is 15.9 Å². The van der Waals surface area contributed by atoms with Crippen molar-refractivity contribution in [2.75, 3.05) is 6.61 Å². The molecule has 0 radical (unpaired) electrons. The third kappa shape index (κ3) is 4.14. The summed E-state index contributed by atoms with van der Waals surface area (Å²) in [5, 5.41) is 10.8. The smallest absolute Gasteiger partial charge is 0.312 e. The molecule has 1 aromatic rings. The second kappa shape index (κ2) is 6.43. The number of nitrogens with two attached hydrogens (primary N) is 2. The van der Waals surface area contributed by atoms with Crippen LogP contribution in [0.2, 0.25) is 0 Å². The molecule has 4 N–H and O–H groups in total. The van der Waals surface area contributed by atoms with Gasteiger partial charge in [-0.2, -0.15) is 0 Å². The molecule has 1 aromatic carbocycles. The molecular weight excluding hydrogens is 325 g/mol. The molecule has 0 aliphatic heterocycles. The first-order valence-electron chi connectivity index (χ1n) is 5.14.